The fourth-order valence-corrected chi connectivity index (χ4v) is 2.06. The predicted molar refractivity (Wildman–Crippen MR) is 73.7 cm³/mol. The molecular formula is C12H16N6O3. The number of rotatable bonds is 5. The second-order valence-electron chi connectivity index (χ2n) is 4.55. The first-order chi connectivity index (χ1) is 9.93. The number of hydrogen-bond donors (Lipinski definition) is 1. The second-order valence-corrected chi connectivity index (χ2v) is 4.55. The molecule has 0 aliphatic heterocycles. The summed E-state index contributed by atoms with van der Waals surface area (Å²) in [5.41, 5.74) is 0.720. The monoisotopic (exact) mass is 292 g/mol. The van der Waals surface area contributed by atoms with Gasteiger partial charge in [-0.25, -0.2) is 0 Å². The van der Waals surface area contributed by atoms with Crippen molar-refractivity contribution in [3.8, 4) is 0 Å². The summed E-state index contributed by atoms with van der Waals surface area (Å²) in [6.45, 7) is 4.44. The third-order valence-corrected chi connectivity index (χ3v) is 3.05. The molecule has 0 aliphatic rings. The Balaban J connectivity index is 2.15. The molecule has 112 valence electrons. The van der Waals surface area contributed by atoms with Crippen LogP contribution < -0.4 is 5.32 Å². The molecule has 21 heavy (non-hydrogen) atoms. The van der Waals surface area contributed by atoms with Crippen LogP contribution in [0.3, 0.4) is 0 Å². The number of carbonyl (C=O) groups is 1. The van der Waals surface area contributed by atoms with Crippen molar-refractivity contribution in [3.05, 3.63) is 39.5 Å². The van der Waals surface area contributed by atoms with Gasteiger partial charge in [-0.3, -0.25) is 24.3 Å². The van der Waals surface area contributed by atoms with E-state index < -0.39 is 10.8 Å². The normalized spacial score (nSPS) is 10.6. The number of aryl methyl sites for hydroxylation is 3. The van der Waals surface area contributed by atoms with E-state index >= 15 is 0 Å². The van der Waals surface area contributed by atoms with Gasteiger partial charge in [0.15, 0.2) is 0 Å². The van der Waals surface area contributed by atoms with Crippen molar-refractivity contribution in [2.75, 3.05) is 0 Å². The lowest BCUT2D eigenvalue weighted by Gasteiger charge is -2.03. The molecule has 2 aromatic heterocycles. The zero-order valence-electron chi connectivity index (χ0n) is 12.0. The summed E-state index contributed by atoms with van der Waals surface area (Å²) in [4.78, 5) is 22.6. The lowest BCUT2D eigenvalue weighted by molar-refractivity contribution is -0.385. The quantitative estimate of drug-likeness (QED) is 0.647. The standard InChI is InChI=1S/C12H16N6O3/c1-4-17-7-9(6-14-17)5-13-12(19)11-10(18(20)21)8(2)15-16(11)3/h6-7H,4-5H2,1-3H3,(H,13,19). The van der Waals surface area contributed by atoms with Crippen LogP contribution in [-0.4, -0.2) is 30.4 Å². The number of aromatic nitrogens is 4. The van der Waals surface area contributed by atoms with E-state index in [0.29, 0.717) is 0 Å². The van der Waals surface area contributed by atoms with Gasteiger partial charge < -0.3 is 5.32 Å². The van der Waals surface area contributed by atoms with Crippen LogP contribution in [0.4, 0.5) is 5.69 Å². The maximum absolute atomic E-state index is 12.2. The number of amides is 1. The topological polar surface area (TPSA) is 108 Å². The number of nitro groups is 1. The summed E-state index contributed by atoms with van der Waals surface area (Å²) in [6.07, 6.45) is 3.45. The van der Waals surface area contributed by atoms with E-state index in [0.717, 1.165) is 12.1 Å². The Labute approximate surface area is 120 Å². The van der Waals surface area contributed by atoms with E-state index in [9.17, 15) is 14.9 Å². The Morgan fingerprint density at radius 1 is 1.52 bits per heavy atom. The van der Waals surface area contributed by atoms with Gasteiger partial charge in [-0.05, 0) is 13.8 Å². The number of nitrogens with zero attached hydrogens (tertiary/aromatic N) is 5. The average Bonchev–Trinajstić information content (AvgIpc) is 2.99. The van der Waals surface area contributed by atoms with Crippen molar-refractivity contribution in [2.24, 2.45) is 7.05 Å². The largest absolute Gasteiger partial charge is 0.346 e. The van der Waals surface area contributed by atoms with Crippen molar-refractivity contribution < 1.29 is 9.72 Å². The Kier molecular flexibility index (Phi) is 4.01. The molecule has 2 aromatic rings. The van der Waals surface area contributed by atoms with Crippen molar-refractivity contribution in [1.82, 2.24) is 24.9 Å². The minimum atomic E-state index is -0.591. The summed E-state index contributed by atoms with van der Waals surface area (Å²) >= 11 is 0. The molecule has 0 aromatic carbocycles. The lowest BCUT2D eigenvalue weighted by Crippen LogP contribution is -2.25. The molecule has 0 fully saturated rings. The van der Waals surface area contributed by atoms with Crippen molar-refractivity contribution >= 4 is 11.6 Å². The first-order valence-electron chi connectivity index (χ1n) is 6.41. The Morgan fingerprint density at radius 3 is 2.81 bits per heavy atom. The van der Waals surface area contributed by atoms with Gasteiger partial charge in [0.1, 0.15) is 5.69 Å². The minimum Gasteiger partial charge on any atom is -0.346 e. The molecule has 0 bridgehead atoms. The molecule has 0 saturated carbocycles. The molecule has 0 aliphatic carbocycles. The number of hydrogen-bond acceptors (Lipinski definition) is 5. The van der Waals surface area contributed by atoms with Crippen LogP contribution >= 0.6 is 0 Å². The molecular weight excluding hydrogens is 276 g/mol. The van der Waals surface area contributed by atoms with Gasteiger partial charge >= 0.3 is 5.69 Å². The molecule has 0 atom stereocenters. The second kappa shape index (κ2) is 5.73. The van der Waals surface area contributed by atoms with Gasteiger partial charge in [0, 0.05) is 31.9 Å². The highest BCUT2D eigenvalue weighted by Crippen LogP contribution is 2.22. The van der Waals surface area contributed by atoms with Crippen molar-refractivity contribution in [3.63, 3.8) is 0 Å². The highest BCUT2D eigenvalue weighted by Gasteiger charge is 2.28. The lowest BCUT2D eigenvalue weighted by atomic mass is 10.2. The summed E-state index contributed by atoms with van der Waals surface area (Å²) < 4.78 is 2.95. The van der Waals surface area contributed by atoms with Crippen LogP contribution in [0.5, 0.6) is 0 Å². The van der Waals surface area contributed by atoms with E-state index in [-0.39, 0.29) is 23.6 Å². The van der Waals surface area contributed by atoms with Crippen molar-refractivity contribution in [1.29, 1.82) is 0 Å². The van der Waals surface area contributed by atoms with Crippen LogP contribution in [0.2, 0.25) is 0 Å². The molecule has 0 radical (unpaired) electrons. The Bertz CT molecular complexity index is 687. The van der Waals surface area contributed by atoms with E-state index in [1.165, 1.54) is 18.7 Å². The van der Waals surface area contributed by atoms with Crippen molar-refractivity contribution in [2.45, 2.75) is 26.9 Å². The molecule has 1 amide bonds. The van der Waals surface area contributed by atoms with Crippen LogP contribution in [0.15, 0.2) is 12.4 Å². The average molecular weight is 292 g/mol. The fourth-order valence-electron chi connectivity index (χ4n) is 2.06. The summed E-state index contributed by atoms with van der Waals surface area (Å²) in [7, 11) is 1.50. The molecule has 0 spiro atoms. The Hall–Kier alpha value is -2.71. The molecule has 1 N–H and O–H groups in total. The molecule has 9 nitrogen and oxygen atoms in total. The molecule has 0 unspecified atom stereocenters. The smallest absolute Gasteiger partial charge is 0.322 e. The van der Waals surface area contributed by atoms with Gasteiger partial charge in [0.05, 0.1) is 11.1 Å². The highest BCUT2D eigenvalue weighted by molar-refractivity contribution is 5.96. The summed E-state index contributed by atoms with van der Waals surface area (Å²) in [5, 5.41) is 21.7. The van der Waals surface area contributed by atoms with E-state index in [4.69, 9.17) is 0 Å². The fraction of sp³-hybridized carbons (Fsp3) is 0.417. The van der Waals surface area contributed by atoms with Gasteiger partial charge in [0.2, 0.25) is 5.69 Å². The maximum atomic E-state index is 12.2. The van der Waals surface area contributed by atoms with E-state index in [1.807, 2.05) is 13.1 Å². The maximum Gasteiger partial charge on any atom is 0.322 e. The summed E-state index contributed by atoms with van der Waals surface area (Å²) in [6, 6.07) is 0. The zero-order valence-corrected chi connectivity index (χ0v) is 12.0. The van der Waals surface area contributed by atoms with Crippen LogP contribution in [0.25, 0.3) is 0 Å². The van der Waals surface area contributed by atoms with E-state index in [1.54, 1.807) is 10.9 Å². The molecule has 2 heterocycles. The first-order valence-corrected chi connectivity index (χ1v) is 6.41. The van der Waals surface area contributed by atoms with Crippen LogP contribution in [0, 0.1) is 17.0 Å². The third-order valence-electron chi connectivity index (χ3n) is 3.05. The predicted octanol–water partition coefficient (Wildman–Crippen LogP) is 0.783. The third kappa shape index (κ3) is 2.91. The highest BCUT2D eigenvalue weighted by atomic mass is 16.6. The molecule has 0 saturated heterocycles. The van der Waals surface area contributed by atoms with Gasteiger partial charge in [-0.15, -0.1) is 0 Å². The minimum absolute atomic E-state index is 0.0552. The van der Waals surface area contributed by atoms with Gasteiger partial charge in [-0.2, -0.15) is 10.2 Å². The van der Waals surface area contributed by atoms with Crippen LogP contribution in [0.1, 0.15) is 28.7 Å². The number of nitrogens with one attached hydrogen (secondary N) is 1. The van der Waals surface area contributed by atoms with E-state index in [2.05, 4.69) is 15.5 Å². The zero-order chi connectivity index (χ0) is 15.6. The summed E-state index contributed by atoms with van der Waals surface area (Å²) in [5.74, 6) is -0.533. The first kappa shape index (κ1) is 14.7. The Morgan fingerprint density at radius 2 is 2.24 bits per heavy atom. The SMILES string of the molecule is CCn1cc(CNC(=O)c2c([N+](=O)[O-])c(C)nn2C)cn1. The number of carbonyl (C=O) groups excluding carboxylic acids is 1. The molecule has 9 heteroatoms. The van der Waals surface area contributed by atoms with Crippen LogP contribution in [-0.2, 0) is 20.1 Å². The van der Waals surface area contributed by atoms with Gasteiger partial charge in [-0.1, -0.05) is 0 Å². The van der Waals surface area contributed by atoms with Gasteiger partial charge in [0.25, 0.3) is 5.91 Å². The molecule has 2 rings (SSSR count).